The molecule has 438 valence electrons. The minimum Gasteiger partial charge on any atom is -0.462 e. The average molecular weight is 1070 g/mol. The van der Waals surface area contributed by atoms with Crippen molar-refractivity contribution in [2.24, 2.45) is 0 Å². The van der Waals surface area contributed by atoms with Crippen molar-refractivity contribution >= 4 is 17.9 Å². The lowest BCUT2D eigenvalue weighted by atomic mass is 10.1. The van der Waals surface area contributed by atoms with Crippen molar-refractivity contribution in [3.8, 4) is 0 Å². The molecule has 1 atom stereocenters. The van der Waals surface area contributed by atoms with E-state index in [4.69, 9.17) is 14.2 Å². The number of carbonyl (C=O) groups is 3. The van der Waals surface area contributed by atoms with Gasteiger partial charge in [0.2, 0.25) is 0 Å². The highest BCUT2D eigenvalue weighted by Gasteiger charge is 2.19. The molecule has 6 nitrogen and oxygen atoms in total. The molecule has 1 unspecified atom stereocenters. The highest BCUT2D eigenvalue weighted by Crippen LogP contribution is 2.15. The Labute approximate surface area is 475 Å². The van der Waals surface area contributed by atoms with Crippen LogP contribution in [0.4, 0.5) is 0 Å². The number of unbranched alkanes of at least 4 members (excludes halogenated alkanes) is 26. The van der Waals surface area contributed by atoms with Gasteiger partial charge in [0, 0.05) is 19.3 Å². The van der Waals surface area contributed by atoms with E-state index in [2.05, 4.69) is 142 Å². The quantitative estimate of drug-likeness (QED) is 0.0261. The van der Waals surface area contributed by atoms with Gasteiger partial charge in [0.25, 0.3) is 0 Å². The van der Waals surface area contributed by atoms with Gasteiger partial charge in [0.15, 0.2) is 6.10 Å². The largest absolute Gasteiger partial charge is 0.462 e. The second-order valence-electron chi connectivity index (χ2n) is 20.9. The predicted octanol–water partition coefficient (Wildman–Crippen LogP) is 22.0. The average Bonchev–Trinajstić information content (AvgIpc) is 3.43. The summed E-state index contributed by atoms with van der Waals surface area (Å²) in [6.07, 6.45) is 89.1. The maximum Gasteiger partial charge on any atom is 0.306 e. The molecular formula is C71H118O6. The zero-order valence-electron chi connectivity index (χ0n) is 50.2. The summed E-state index contributed by atoms with van der Waals surface area (Å²) in [6.45, 7) is 6.39. The lowest BCUT2D eigenvalue weighted by molar-refractivity contribution is -0.167. The van der Waals surface area contributed by atoms with Crippen LogP contribution in [-0.2, 0) is 28.6 Å². The number of ether oxygens (including phenoxy) is 3. The van der Waals surface area contributed by atoms with Gasteiger partial charge >= 0.3 is 17.9 Å². The molecule has 0 aliphatic carbocycles. The van der Waals surface area contributed by atoms with Crippen molar-refractivity contribution in [3.63, 3.8) is 0 Å². The van der Waals surface area contributed by atoms with E-state index in [0.29, 0.717) is 12.8 Å². The summed E-state index contributed by atoms with van der Waals surface area (Å²) >= 11 is 0. The Bertz CT molecular complexity index is 1600. The zero-order valence-corrected chi connectivity index (χ0v) is 50.2. The van der Waals surface area contributed by atoms with Crippen LogP contribution in [0.2, 0.25) is 0 Å². The van der Waals surface area contributed by atoms with E-state index in [1.54, 1.807) is 0 Å². The maximum absolute atomic E-state index is 12.9. The van der Waals surface area contributed by atoms with Crippen LogP contribution in [0.3, 0.4) is 0 Å². The van der Waals surface area contributed by atoms with Crippen molar-refractivity contribution < 1.29 is 28.6 Å². The van der Waals surface area contributed by atoms with Crippen LogP contribution in [0, 0.1) is 0 Å². The first-order valence-electron chi connectivity index (χ1n) is 32.0. The van der Waals surface area contributed by atoms with Crippen LogP contribution in [0.15, 0.2) is 122 Å². The Morgan fingerprint density at radius 3 is 0.818 bits per heavy atom. The standard InChI is InChI=1S/C71H118O6/c1-4-7-10-13-16-19-22-25-28-31-33-34-35-36-38-40-43-46-49-52-55-58-61-64-70(73)76-67-68(66-75-69(72)63-60-57-54-51-48-45-42-39-30-27-24-21-18-15-12-9-6-3)77-71(74)65-62-59-56-53-50-47-44-41-37-32-29-26-23-20-17-14-11-8-5-2/h7-8,10-11,16-17,19-20,25-30,33-34,37,41,47,50,68H,4-6,9,12-15,18,21-24,31-32,35-36,38-40,42-46,48-49,51-67H2,1-3H3/b10-7-,11-8-,19-16-,20-17-,28-25-,29-26-,30-27-,34-33-,41-37-,50-47-. The van der Waals surface area contributed by atoms with E-state index in [9.17, 15) is 14.4 Å². The van der Waals surface area contributed by atoms with Crippen LogP contribution in [0.25, 0.3) is 0 Å². The van der Waals surface area contributed by atoms with Crippen LogP contribution in [0.5, 0.6) is 0 Å². The van der Waals surface area contributed by atoms with Crippen LogP contribution < -0.4 is 0 Å². The van der Waals surface area contributed by atoms with Gasteiger partial charge in [-0.25, -0.2) is 0 Å². The van der Waals surface area contributed by atoms with Gasteiger partial charge in [-0.3, -0.25) is 14.4 Å². The maximum atomic E-state index is 12.9. The molecule has 0 bridgehead atoms. The van der Waals surface area contributed by atoms with Crippen molar-refractivity contribution in [2.45, 2.75) is 297 Å². The van der Waals surface area contributed by atoms with Gasteiger partial charge < -0.3 is 14.2 Å². The zero-order chi connectivity index (χ0) is 55.7. The van der Waals surface area contributed by atoms with E-state index in [-0.39, 0.29) is 37.5 Å². The van der Waals surface area contributed by atoms with Crippen LogP contribution >= 0.6 is 0 Å². The number of rotatable bonds is 57. The molecule has 77 heavy (non-hydrogen) atoms. The Morgan fingerprint density at radius 2 is 0.506 bits per heavy atom. The third-order valence-electron chi connectivity index (χ3n) is 13.4. The van der Waals surface area contributed by atoms with Gasteiger partial charge in [-0.2, -0.15) is 0 Å². The normalized spacial score (nSPS) is 12.9. The predicted molar refractivity (Wildman–Crippen MR) is 334 cm³/mol. The molecule has 0 aliphatic rings. The first-order valence-corrected chi connectivity index (χ1v) is 32.0. The summed E-state index contributed by atoms with van der Waals surface area (Å²) in [4.78, 5) is 38.4. The van der Waals surface area contributed by atoms with E-state index >= 15 is 0 Å². The second-order valence-corrected chi connectivity index (χ2v) is 20.9. The lowest BCUT2D eigenvalue weighted by Crippen LogP contribution is -2.30. The third kappa shape index (κ3) is 62.5. The molecule has 0 spiro atoms. The van der Waals surface area contributed by atoms with Gasteiger partial charge in [-0.15, -0.1) is 0 Å². The van der Waals surface area contributed by atoms with Crippen molar-refractivity contribution in [1.82, 2.24) is 0 Å². The van der Waals surface area contributed by atoms with Crippen LogP contribution in [0.1, 0.15) is 290 Å². The highest BCUT2D eigenvalue weighted by atomic mass is 16.6. The summed E-state index contributed by atoms with van der Waals surface area (Å²) in [6, 6.07) is 0. The fourth-order valence-corrected chi connectivity index (χ4v) is 8.69. The molecule has 0 rings (SSSR count). The third-order valence-corrected chi connectivity index (χ3v) is 13.4. The van der Waals surface area contributed by atoms with E-state index in [1.807, 2.05) is 0 Å². The first kappa shape index (κ1) is 72.8. The summed E-state index contributed by atoms with van der Waals surface area (Å²) < 4.78 is 16.9. The van der Waals surface area contributed by atoms with Crippen molar-refractivity contribution in [3.05, 3.63) is 122 Å². The fraction of sp³-hybridized carbons (Fsp3) is 0.676. The topological polar surface area (TPSA) is 78.9 Å². The van der Waals surface area contributed by atoms with E-state index < -0.39 is 6.10 Å². The monoisotopic (exact) mass is 1070 g/mol. The Kier molecular flexibility index (Phi) is 60.8. The molecule has 0 aromatic rings. The molecule has 0 saturated carbocycles. The minimum atomic E-state index is -0.804. The molecule has 0 aromatic heterocycles. The lowest BCUT2D eigenvalue weighted by Gasteiger charge is -2.18. The molecule has 0 saturated heterocycles. The first-order chi connectivity index (χ1) is 38.0. The summed E-state index contributed by atoms with van der Waals surface area (Å²) in [5.41, 5.74) is 0. The fourth-order valence-electron chi connectivity index (χ4n) is 8.69. The van der Waals surface area contributed by atoms with Crippen molar-refractivity contribution in [1.29, 1.82) is 0 Å². The van der Waals surface area contributed by atoms with Gasteiger partial charge in [-0.1, -0.05) is 264 Å². The number of allylic oxidation sites excluding steroid dienone is 20. The number of hydrogen-bond donors (Lipinski definition) is 0. The number of hydrogen-bond acceptors (Lipinski definition) is 6. The molecule has 0 heterocycles. The van der Waals surface area contributed by atoms with E-state index in [1.165, 1.54) is 128 Å². The summed E-state index contributed by atoms with van der Waals surface area (Å²) in [5.74, 6) is -0.932. The second kappa shape index (κ2) is 64.3. The minimum absolute atomic E-state index is 0.0966. The van der Waals surface area contributed by atoms with Gasteiger partial charge in [0.05, 0.1) is 0 Å². The molecular weight excluding hydrogens is 949 g/mol. The molecule has 0 fully saturated rings. The van der Waals surface area contributed by atoms with Gasteiger partial charge in [0.1, 0.15) is 13.2 Å². The van der Waals surface area contributed by atoms with Crippen LogP contribution in [-0.4, -0.2) is 37.2 Å². The molecule has 6 heteroatoms. The highest BCUT2D eigenvalue weighted by molar-refractivity contribution is 5.71. The SMILES string of the molecule is CC/C=C\C/C=C\C/C=C\C/C=C\C/C=C\CCCCCC(=O)OC(COC(=O)CCCCCCCCC/C=C\CCCCCCCC)COC(=O)CCCCCCCCCCCC/C=C\C/C=C\C/C=C\C/C=C\CC. The Hall–Kier alpha value is -4.19. The molecule has 0 aliphatic heterocycles. The van der Waals surface area contributed by atoms with Gasteiger partial charge in [-0.05, 0) is 128 Å². The van der Waals surface area contributed by atoms with E-state index in [0.717, 1.165) is 122 Å². The number of esters is 3. The molecule has 0 amide bonds. The Morgan fingerprint density at radius 1 is 0.273 bits per heavy atom. The number of carbonyl (C=O) groups excluding carboxylic acids is 3. The summed E-state index contributed by atoms with van der Waals surface area (Å²) in [5, 5.41) is 0. The van der Waals surface area contributed by atoms with Crippen molar-refractivity contribution in [2.75, 3.05) is 13.2 Å². The molecule has 0 N–H and O–H groups in total. The molecule has 0 radical (unpaired) electrons. The Balaban J connectivity index is 4.45. The smallest absolute Gasteiger partial charge is 0.306 e. The molecule has 0 aromatic carbocycles. The summed E-state index contributed by atoms with van der Waals surface area (Å²) in [7, 11) is 0.